The third-order valence-electron chi connectivity index (χ3n) is 5.06. The number of pyridine rings is 1. The van der Waals surface area contributed by atoms with Crippen molar-refractivity contribution in [1.29, 1.82) is 0 Å². The topological polar surface area (TPSA) is 81.2 Å². The highest BCUT2D eigenvalue weighted by molar-refractivity contribution is 7.22. The molecule has 0 unspecified atom stereocenters. The van der Waals surface area contributed by atoms with Crippen molar-refractivity contribution >= 4 is 49.5 Å². The van der Waals surface area contributed by atoms with Crippen LogP contribution in [0.2, 0.25) is 0 Å². The third-order valence-corrected chi connectivity index (χ3v) is 5.99. The fourth-order valence-corrected chi connectivity index (χ4v) is 4.41. The molecule has 0 aliphatic rings. The largest absolute Gasteiger partial charge is 0.465 e. The molecule has 2 aromatic heterocycles. The van der Waals surface area contributed by atoms with Gasteiger partial charge in [-0.2, -0.15) is 0 Å². The number of thiazole rings is 1. The van der Waals surface area contributed by atoms with Crippen LogP contribution in [0.15, 0.2) is 78.9 Å². The minimum atomic E-state index is -0.414. The molecular weight excluding hydrogens is 422 g/mol. The van der Waals surface area contributed by atoms with Gasteiger partial charge in [-0.05, 0) is 30.3 Å². The number of hydrogen-bond donors (Lipinski definition) is 1. The van der Waals surface area contributed by atoms with Crippen molar-refractivity contribution in [2.24, 2.45) is 0 Å². The lowest BCUT2D eigenvalue weighted by atomic mass is 10.0. The van der Waals surface area contributed by atoms with E-state index in [4.69, 9.17) is 9.72 Å². The van der Waals surface area contributed by atoms with Gasteiger partial charge in [-0.25, -0.2) is 14.8 Å². The number of methoxy groups -OCH3 is 1. The molecule has 32 heavy (non-hydrogen) atoms. The summed E-state index contributed by atoms with van der Waals surface area (Å²) in [5, 5.41) is 4.12. The maximum absolute atomic E-state index is 13.3. The molecule has 5 rings (SSSR count). The standard InChI is InChI=1S/C25H17N3O3S/c1-31-24(30)16-11-12-20-22(13-16)32-25(27-20)28-23(29)18-14-21(15-7-3-2-4-8-15)26-19-10-6-5-9-17(18)19/h2-14H,1H3,(H,27,28,29). The summed E-state index contributed by atoms with van der Waals surface area (Å²) in [6.45, 7) is 0. The van der Waals surface area contributed by atoms with Crippen LogP contribution in [-0.2, 0) is 4.74 Å². The first-order valence-electron chi connectivity index (χ1n) is 9.88. The second-order valence-corrected chi connectivity index (χ2v) is 8.12. The van der Waals surface area contributed by atoms with Gasteiger partial charge in [0.25, 0.3) is 5.91 Å². The number of ether oxygens (including phenoxy) is 1. The molecule has 0 atom stereocenters. The number of nitrogens with one attached hydrogen (secondary N) is 1. The number of para-hydroxylation sites is 1. The lowest BCUT2D eigenvalue weighted by Gasteiger charge is -2.09. The summed E-state index contributed by atoms with van der Waals surface area (Å²) >= 11 is 1.30. The molecule has 5 aromatic rings. The van der Waals surface area contributed by atoms with Crippen molar-refractivity contribution in [3.63, 3.8) is 0 Å². The highest BCUT2D eigenvalue weighted by atomic mass is 32.1. The van der Waals surface area contributed by atoms with Gasteiger partial charge in [0.2, 0.25) is 0 Å². The van der Waals surface area contributed by atoms with E-state index in [0.29, 0.717) is 21.8 Å². The summed E-state index contributed by atoms with van der Waals surface area (Å²) in [5.41, 5.74) is 4.05. The van der Waals surface area contributed by atoms with Crippen molar-refractivity contribution in [1.82, 2.24) is 9.97 Å². The number of hydrogen-bond acceptors (Lipinski definition) is 6. The average molecular weight is 439 g/mol. The van der Waals surface area contributed by atoms with E-state index in [0.717, 1.165) is 26.9 Å². The summed E-state index contributed by atoms with van der Waals surface area (Å²) in [6, 6.07) is 24.2. The molecule has 7 heteroatoms. The Hall–Kier alpha value is -4.10. The quantitative estimate of drug-likeness (QED) is 0.371. The Morgan fingerprint density at radius 2 is 1.66 bits per heavy atom. The van der Waals surface area contributed by atoms with Crippen molar-refractivity contribution < 1.29 is 14.3 Å². The number of nitrogens with zero attached hydrogens (tertiary/aromatic N) is 2. The smallest absolute Gasteiger partial charge is 0.337 e. The minimum Gasteiger partial charge on any atom is -0.465 e. The molecule has 1 amide bonds. The van der Waals surface area contributed by atoms with Crippen molar-refractivity contribution in [3.8, 4) is 11.3 Å². The van der Waals surface area contributed by atoms with E-state index in [-0.39, 0.29) is 5.91 Å². The number of anilines is 1. The summed E-state index contributed by atoms with van der Waals surface area (Å²) in [4.78, 5) is 34.3. The van der Waals surface area contributed by atoms with Gasteiger partial charge >= 0.3 is 5.97 Å². The highest BCUT2D eigenvalue weighted by Gasteiger charge is 2.16. The van der Waals surface area contributed by atoms with E-state index in [9.17, 15) is 9.59 Å². The maximum atomic E-state index is 13.3. The number of amides is 1. The van der Waals surface area contributed by atoms with Crippen LogP contribution in [0.1, 0.15) is 20.7 Å². The lowest BCUT2D eigenvalue weighted by molar-refractivity contribution is 0.0601. The molecule has 156 valence electrons. The zero-order valence-corrected chi connectivity index (χ0v) is 17.8. The van der Waals surface area contributed by atoms with Gasteiger partial charge in [0, 0.05) is 10.9 Å². The van der Waals surface area contributed by atoms with E-state index in [2.05, 4.69) is 10.3 Å². The number of fused-ring (bicyclic) bond motifs is 2. The highest BCUT2D eigenvalue weighted by Crippen LogP contribution is 2.29. The number of aromatic nitrogens is 2. The van der Waals surface area contributed by atoms with Crippen LogP contribution in [0.4, 0.5) is 5.13 Å². The minimum absolute atomic E-state index is 0.270. The zero-order chi connectivity index (χ0) is 22.1. The molecule has 0 aliphatic heterocycles. The van der Waals surface area contributed by atoms with Crippen LogP contribution in [-0.4, -0.2) is 29.0 Å². The molecule has 6 nitrogen and oxygen atoms in total. The average Bonchev–Trinajstić information content (AvgIpc) is 3.24. The molecule has 3 aromatic carbocycles. The lowest BCUT2D eigenvalue weighted by Crippen LogP contribution is -2.13. The van der Waals surface area contributed by atoms with Gasteiger partial charge in [0.1, 0.15) is 0 Å². The normalized spacial score (nSPS) is 10.9. The number of esters is 1. The number of benzene rings is 3. The molecule has 0 aliphatic carbocycles. The Morgan fingerprint density at radius 1 is 0.875 bits per heavy atom. The Bertz CT molecular complexity index is 1480. The molecule has 1 N–H and O–H groups in total. The van der Waals surface area contributed by atoms with Crippen LogP contribution in [0, 0.1) is 0 Å². The maximum Gasteiger partial charge on any atom is 0.337 e. The van der Waals surface area contributed by atoms with Gasteiger partial charge in [-0.1, -0.05) is 59.9 Å². The third kappa shape index (κ3) is 3.70. The van der Waals surface area contributed by atoms with Crippen LogP contribution >= 0.6 is 11.3 Å². The molecule has 0 fully saturated rings. The molecular formula is C25H17N3O3S. The molecule has 2 heterocycles. The first kappa shape index (κ1) is 19.8. The first-order valence-corrected chi connectivity index (χ1v) is 10.7. The van der Waals surface area contributed by atoms with Gasteiger partial charge < -0.3 is 4.74 Å². The van der Waals surface area contributed by atoms with Crippen LogP contribution < -0.4 is 5.32 Å². The number of carbonyl (C=O) groups is 2. The predicted molar refractivity (Wildman–Crippen MR) is 126 cm³/mol. The predicted octanol–water partition coefficient (Wildman–Crippen LogP) is 5.55. The van der Waals surface area contributed by atoms with Gasteiger partial charge in [0.15, 0.2) is 5.13 Å². The second-order valence-electron chi connectivity index (χ2n) is 7.09. The fraction of sp³-hybridized carbons (Fsp3) is 0.0400. The van der Waals surface area contributed by atoms with E-state index >= 15 is 0 Å². The fourth-order valence-electron chi connectivity index (χ4n) is 3.51. The van der Waals surface area contributed by atoms with Gasteiger partial charge in [-0.15, -0.1) is 0 Å². The van der Waals surface area contributed by atoms with Crippen molar-refractivity contribution in [2.45, 2.75) is 0 Å². The van der Waals surface area contributed by atoms with Gasteiger partial charge in [0.05, 0.1) is 39.7 Å². The van der Waals surface area contributed by atoms with Crippen molar-refractivity contribution in [2.75, 3.05) is 12.4 Å². The van der Waals surface area contributed by atoms with Crippen LogP contribution in [0.3, 0.4) is 0 Å². The summed E-state index contributed by atoms with van der Waals surface area (Å²) in [5.74, 6) is -0.685. The van der Waals surface area contributed by atoms with Crippen LogP contribution in [0.25, 0.3) is 32.4 Å². The summed E-state index contributed by atoms with van der Waals surface area (Å²) < 4.78 is 5.56. The molecule has 0 spiro atoms. The van der Waals surface area contributed by atoms with Crippen molar-refractivity contribution in [3.05, 3.63) is 90.0 Å². The molecule has 0 saturated heterocycles. The summed E-state index contributed by atoms with van der Waals surface area (Å²) in [6.07, 6.45) is 0. The molecule has 0 bridgehead atoms. The zero-order valence-electron chi connectivity index (χ0n) is 17.0. The van der Waals surface area contributed by atoms with Crippen LogP contribution in [0.5, 0.6) is 0 Å². The van der Waals surface area contributed by atoms with E-state index in [1.54, 1.807) is 24.3 Å². The Morgan fingerprint density at radius 3 is 2.47 bits per heavy atom. The molecule has 0 saturated carbocycles. The second kappa shape index (κ2) is 8.20. The summed E-state index contributed by atoms with van der Waals surface area (Å²) in [7, 11) is 1.34. The number of carbonyl (C=O) groups excluding carboxylic acids is 2. The van der Waals surface area contributed by atoms with Gasteiger partial charge in [-0.3, -0.25) is 10.1 Å². The number of rotatable bonds is 4. The van der Waals surface area contributed by atoms with E-state index in [1.165, 1.54) is 18.4 Å². The Kier molecular flexibility index (Phi) is 5.09. The first-order chi connectivity index (χ1) is 15.6. The Labute approximate surface area is 187 Å². The molecule has 0 radical (unpaired) electrons. The monoisotopic (exact) mass is 439 g/mol. The SMILES string of the molecule is COC(=O)c1ccc2nc(NC(=O)c3cc(-c4ccccc4)nc4ccccc34)sc2c1. The van der Waals surface area contributed by atoms with E-state index in [1.807, 2.05) is 54.6 Å². The van der Waals surface area contributed by atoms with E-state index < -0.39 is 5.97 Å². The Balaban J connectivity index is 1.53.